The highest BCUT2D eigenvalue weighted by molar-refractivity contribution is 5.96. The van der Waals surface area contributed by atoms with Gasteiger partial charge in [-0.25, -0.2) is 19.5 Å². The number of carboxylic acid groups (broad SMARTS) is 1. The maximum absolute atomic E-state index is 14.8. The standard InChI is InChI=1S/C25H21FN2O6/c1-14(24(30)31)34-28-23(29)19-11-6-12-21(22(19)26)27-25(32)33-13-20-17-9-4-2-7-15(17)16-8-3-5-10-18(16)20/h2-12,14,20H,13H2,1H3,(H,27,32)(H,28,29)(H,30,31). The molecule has 0 saturated heterocycles. The van der Waals surface area contributed by atoms with Crippen LogP contribution in [0.3, 0.4) is 0 Å². The average Bonchev–Trinajstić information content (AvgIpc) is 3.16. The fourth-order valence-corrected chi connectivity index (χ4v) is 3.80. The van der Waals surface area contributed by atoms with E-state index in [1.165, 1.54) is 25.1 Å². The van der Waals surface area contributed by atoms with Crippen LogP contribution in [-0.2, 0) is 14.4 Å². The van der Waals surface area contributed by atoms with E-state index >= 15 is 0 Å². The second-order valence-electron chi connectivity index (χ2n) is 7.65. The molecule has 3 N–H and O–H groups in total. The van der Waals surface area contributed by atoms with Crippen molar-refractivity contribution in [2.45, 2.75) is 18.9 Å². The van der Waals surface area contributed by atoms with Crippen molar-refractivity contribution in [1.82, 2.24) is 5.48 Å². The molecule has 0 aromatic heterocycles. The summed E-state index contributed by atoms with van der Waals surface area (Å²) in [6.45, 7) is 1.25. The van der Waals surface area contributed by atoms with E-state index in [2.05, 4.69) is 10.2 Å². The molecule has 0 radical (unpaired) electrons. The molecule has 1 aliphatic carbocycles. The second-order valence-corrected chi connectivity index (χ2v) is 7.65. The third-order valence-electron chi connectivity index (χ3n) is 5.50. The van der Waals surface area contributed by atoms with Crippen molar-refractivity contribution in [2.75, 3.05) is 11.9 Å². The van der Waals surface area contributed by atoms with Crippen LogP contribution < -0.4 is 10.8 Å². The molecule has 9 heteroatoms. The van der Waals surface area contributed by atoms with Crippen LogP contribution in [0, 0.1) is 5.82 Å². The van der Waals surface area contributed by atoms with Gasteiger partial charge < -0.3 is 9.84 Å². The van der Waals surface area contributed by atoms with Crippen LogP contribution in [0.15, 0.2) is 66.7 Å². The molecule has 0 heterocycles. The number of hydroxylamine groups is 1. The average molecular weight is 464 g/mol. The van der Waals surface area contributed by atoms with Gasteiger partial charge in [-0.1, -0.05) is 54.6 Å². The van der Waals surface area contributed by atoms with Crippen LogP contribution in [-0.4, -0.2) is 35.8 Å². The number of anilines is 1. The molecule has 0 bridgehead atoms. The minimum atomic E-state index is -1.32. The molecule has 0 saturated carbocycles. The minimum absolute atomic E-state index is 0.0442. The molecule has 1 atom stereocenters. The predicted octanol–water partition coefficient (Wildman–Crippen LogP) is 4.32. The van der Waals surface area contributed by atoms with Gasteiger partial charge >= 0.3 is 12.1 Å². The Morgan fingerprint density at radius 1 is 0.971 bits per heavy atom. The summed E-state index contributed by atoms with van der Waals surface area (Å²) >= 11 is 0. The zero-order chi connectivity index (χ0) is 24.2. The SMILES string of the molecule is CC(ONC(=O)c1cccc(NC(=O)OCC2c3ccccc3-c3ccccc32)c1F)C(=O)O. The highest BCUT2D eigenvalue weighted by atomic mass is 19.1. The zero-order valence-corrected chi connectivity index (χ0v) is 18.1. The van der Waals surface area contributed by atoms with Crippen molar-refractivity contribution in [3.05, 3.63) is 89.2 Å². The lowest BCUT2D eigenvalue weighted by atomic mass is 9.98. The molecule has 1 aliphatic rings. The molecule has 2 amide bonds. The molecule has 4 rings (SSSR count). The Hall–Kier alpha value is -4.24. The summed E-state index contributed by atoms with van der Waals surface area (Å²) in [5, 5.41) is 11.1. The molecular weight excluding hydrogens is 443 g/mol. The second kappa shape index (κ2) is 9.72. The number of carbonyl (C=O) groups excluding carboxylic acids is 2. The normalized spacial score (nSPS) is 12.9. The zero-order valence-electron chi connectivity index (χ0n) is 18.1. The Morgan fingerprint density at radius 2 is 1.59 bits per heavy atom. The molecule has 0 spiro atoms. The van der Waals surface area contributed by atoms with Crippen LogP contribution in [0.25, 0.3) is 11.1 Å². The molecule has 0 aliphatic heterocycles. The fourth-order valence-electron chi connectivity index (χ4n) is 3.80. The van der Waals surface area contributed by atoms with Gasteiger partial charge in [-0.05, 0) is 41.3 Å². The van der Waals surface area contributed by atoms with Crippen LogP contribution in [0.5, 0.6) is 0 Å². The van der Waals surface area contributed by atoms with Gasteiger partial charge in [-0.2, -0.15) is 0 Å². The summed E-state index contributed by atoms with van der Waals surface area (Å²) in [4.78, 5) is 40.0. The van der Waals surface area contributed by atoms with Gasteiger partial charge in [0.25, 0.3) is 5.91 Å². The van der Waals surface area contributed by atoms with E-state index in [0.29, 0.717) is 0 Å². The molecule has 8 nitrogen and oxygen atoms in total. The maximum Gasteiger partial charge on any atom is 0.411 e. The van der Waals surface area contributed by atoms with Crippen LogP contribution >= 0.6 is 0 Å². The van der Waals surface area contributed by atoms with Gasteiger partial charge in [0.15, 0.2) is 11.9 Å². The Kier molecular flexibility index (Phi) is 6.55. The molecular formula is C25H21FN2O6. The third kappa shape index (κ3) is 4.60. The summed E-state index contributed by atoms with van der Waals surface area (Å²) in [5.74, 6) is -3.47. The van der Waals surface area contributed by atoms with Gasteiger partial charge in [-0.3, -0.25) is 14.9 Å². The fraction of sp³-hybridized carbons (Fsp3) is 0.160. The highest BCUT2D eigenvalue weighted by Crippen LogP contribution is 2.44. The first-order chi connectivity index (χ1) is 16.4. The smallest absolute Gasteiger partial charge is 0.411 e. The van der Waals surface area contributed by atoms with Crippen molar-refractivity contribution in [2.24, 2.45) is 0 Å². The number of fused-ring (bicyclic) bond motifs is 3. The number of amides is 2. The van der Waals surface area contributed by atoms with Crippen LogP contribution in [0.2, 0.25) is 0 Å². The molecule has 1 unspecified atom stereocenters. The number of aliphatic carboxylic acids is 1. The first-order valence-corrected chi connectivity index (χ1v) is 10.5. The van der Waals surface area contributed by atoms with Gasteiger partial charge in [0.1, 0.15) is 6.61 Å². The number of benzene rings is 3. The van der Waals surface area contributed by atoms with E-state index in [4.69, 9.17) is 9.84 Å². The Labute approximate surface area is 194 Å². The van der Waals surface area contributed by atoms with Crippen molar-refractivity contribution < 1.29 is 33.5 Å². The summed E-state index contributed by atoms with van der Waals surface area (Å²) in [5.41, 5.74) is 5.41. The van der Waals surface area contributed by atoms with Gasteiger partial charge in [-0.15, -0.1) is 0 Å². The van der Waals surface area contributed by atoms with Crippen LogP contribution in [0.1, 0.15) is 34.3 Å². The summed E-state index contributed by atoms with van der Waals surface area (Å²) in [7, 11) is 0. The van der Waals surface area contributed by atoms with Gasteiger partial charge in [0.05, 0.1) is 11.3 Å². The van der Waals surface area contributed by atoms with E-state index in [1.54, 1.807) is 0 Å². The number of hydrogen-bond acceptors (Lipinski definition) is 5. The van der Waals surface area contributed by atoms with Gasteiger partial charge in [0, 0.05) is 5.92 Å². The van der Waals surface area contributed by atoms with Crippen molar-refractivity contribution >= 4 is 23.7 Å². The van der Waals surface area contributed by atoms with Gasteiger partial charge in [0.2, 0.25) is 0 Å². The number of halogens is 1. The summed E-state index contributed by atoms with van der Waals surface area (Å²) < 4.78 is 20.2. The van der Waals surface area contributed by atoms with Crippen molar-refractivity contribution in [3.8, 4) is 11.1 Å². The van der Waals surface area contributed by atoms with Crippen molar-refractivity contribution in [3.63, 3.8) is 0 Å². The first kappa shape index (κ1) is 22.9. The lowest BCUT2D eigenvalue weighted by molar-refractivity contribution is -0.152. The number of hydrogen-bond donors (Lipinski definition) is 3. The van der Waals surface area contributed by atoms with E-state index in [-0.39, 0.29) is 18.2 Å². The van der Waals surface area contributed by atoms with E-state index < -0.39 is 35.5 Å². The van der Waals surface area contributed by atoms with E-state index in [9.17, 15) is 18.8 Å². The monoisotopic (exact) mass is 464 g/mol. The third-order valence-corrected chi connectivity index (χ3v) is 5.50. The van der Waals surface area contributed by atoms with Crippen molar-refractivity contribution in [1.29, 1.82) is 0 Å². The highest BCUT2D eigenvalue weighted by Gasteiger charge is 2.29. The molecule has 3 aromatic rings. The number of nitrogens with one attached hydrogen (secondary N) is 2. The molecule has 34 heavy (non-hydrogen) atoms. The Morgan fingerprint density at radius 3 is 2.21 bits per heavy atom. The number of carboxylic acids is 1. The van der Waals surface area contributed by atoms with Crippen LogP contribution in [0.4, 0.5) is 14.9 Å². The predicted molar refractivity (Wildman–Crippen MR) is 121 cm³/mol. The maximum atomic E-state index is 14.8. The minimum Gasteiger partial charge on any atom is -0.479 e. The largest absolute Gasteiger partial charge is 0.479 e. The lowest BCUT2D eigenvalue weighted by Gasteiger charge is -2.15. The Balaban J connectivity index is 1.42. The summed E-state index contributed by atoms with van der Waals surface area (Å²) in [6.07, 6.45) is -2.21. The molecule has 0 fully saturated rings. The topological polar surface area (TPSA) is 114 Å². The van der Waals surface area contributed by atoms with E-state index in [1.807, 2.05) is 54.0 Å². The number of rotatable bonds is 7. The Bertz CT molecular complexity index is 1220. The molecule has 174 valence electrons. The first-order valence-electron chi connectivity index (χ1n) is 10.5. The van der Waals surface area contributed by atoms with E-state index in [0.717, 1.165) is 22.3 Å². The quantitative estimate of drug-likeness (QED) is 0.449. The summed E-state index contributed by atoms with van der Waals surface area (Å²) in [6, 6.07) is 19.5. The number of ether oxygens (including phenoxy) is 1. The molecule has 3 aromatic carbocycles. The lowest BCUT2D eigenvalue weighted by Crippen LogP contribution is -2.33. The number of carbonyl (C=O) groups is 3.